The van der Waals surface area contributed by atoms with Crippen LogP contribution in [0.1, 0.15) is 47.3 Å². The third kappa shape index (κ3) is 1.95. The number of nitrogens with zero attached hydrogens (tertiary/aromatic N) is 1. The van der Waals surface area contributed by atoms with Crippen molar-refractivity contribution in [2.45, 2.75) is 31.8 Å². The molecule has 0 radical (unpaired) electrons. The average Bonchev–Trinajstić information content (AvgIpc) is 2.59. The lowest BCUT2D eigenvalue weighted by Gasteiger charge is -2.21. The number of esters is 1. The summed E-state index contributed by atoms with van der Waals surface area (Å²) in [5.41, 5.74) is 0.524. The van der Waals surface area contributed by atoms with Gasteiger partial charge in [-0.1, -0.05) is 6.42 Å². The molecule has 1 aliphatic carbocycles. The Balaban J connectivity index is 2.25. The molecule has 0 aromatic carbocycles. The first kappa shape index (κ1) is 11.1. The van der Waals surface area contributed by atoms with Crippen molar-refractivity contribution >= 4 is 5.97 Å². The highest BCUT2D eigenvalue weighted by Gasteiger charge is 2.28. The lowest BCUT2D eigenvalue weighted by Crippen LogP contribution is -2.09. The molecule has 1 fully saturated rings. The number of oxazole rings is 1. The van der Waals surface area contributed by atoms with Gasteiger partial charge in [0, 0.05) is 13.0 Å². The number of ether oxygens (including phenoxy) is 2. The van der Waals surface area contributed by atoms with Crippen LogP contribution in [0.3, 0.4) is 0 Å². The lowest BCUT2D eigenvalue weighted by molar-refractivity contribution is 0.0555. The highest BCUT2D eigenvalue weighted by atomic mass is 16.5. The molecule has 1 heterocycles. The van der Waals surface area contributed by atoms with Crippen LogP contribution in [0.15, 0.2) is 4.42 Å². The van der Waals surface area contributed by atoms with Gasteiger partial charge in [0.05, 0.1) is 13.7 Å². The molecule has 0 aliphatic heterocycles. The molecule has 5 heteroatoms. The van der Waals surface area contributed by atoms with Crippen molar-refractivity contribution in [1.82, 2.24) is 4.98 Å². The second kappa shape index (κ2) is 4.65. The summed E-state index contributed by atoms with van der Waals surface area (Å²) in [7, 11) is 2.88. The molecule has 1 aliphatic rings. The Hall–Kier alpha value is -1.36. The first-order valence-electron chi connectivity index (χ1n) is 5.33. The average molecular weight is 225 g/mol. The van der Waals surface area contributed by atoms with Gasteiger partial charge in [-0.2, -0.15) is 0 Å². The number of aromatic nitrogens is 1. The molecule has 16 heavy (non-hydrogen) atoms. The summed E-state index contributed by atoms with van der Waals surface area (Å²) in [6, 6.07) is 0. The van der Waals surface area contributed by atoms with Crippen LogP contribution in [0.25, 0.3) is 0 Å². The van der Waals surface area contributed by atoms with Crippen LogP contribution in [0.4, 0.5) is 0 Å². The topological polar surface area (TPSA) is 61.6 Å². The molecule has 0 bridgehead atoms. The molecule has 88 valence electrons. The van der Waals surface area contributed by atoms with Crippen molar-refractivity contribution in [3.05, 3.63) is 17.3 Å². The zero-order chi connectivity index (χ0) is 11.5. The van der Waals surface area contributed by atoms with Gasteiger partial charge in [0.2, 0.25) is 5.76 Å². The summed E-state index contributed by atoms with van der Waals surface area (Å²) in [6.07, 6.45) is 3.35. The second-order valence-electron chi connectivity index (χ2n) is 3.88. The number of carbonyl (C=O) groups excluding carboxylic acids is 1. The van der Waals surface area contributed by atoms with Crippen molar-refractivity contribution < 1.29 is 18.7 Å². The Labute approximate surface area is 93.7 Å². The quantitative estimate of drug-likeness (QED) is 0.732. The molecule has 1 aromatic heterocycles. The van der Waals surface area contributed by atoms with E-state index in [2.05, 4.69) is 9.72 Å². The summed E-state index contributed by atoms with van der Waals surface area (Å²) < 4.78 is 15.1. The van der Waals surface area contributed by atoms with Crippen molar-refractivity contribution in [2.24, 2.45) is 0 Å². The minimum absolute atomic E-state index is 0.172. The maximum absolute atomic E-state index is 11.4. The summed E-state index contributed by atoms with van der Waals surface area (Å²) in [5, 5.41) is 0. The van der Waals surface area contributed by atoms with Gasteiger partial charge in [-0.15, -0.1) is 0 Å². The smallest absolute Gasteiger partial charge is 0.376 e. The van der Waals surface area contributed by atoms with E-state index in [0.717, 1.165) is 12.8 Å². The standard InChI is InChI=1S/C11H15NO4/c1-14-6-8-9(11(13)15-2)16-10(12-8)7-4-3-5-7/h7H,3-6H2,1-2H3. The predicted molar refractivity (Wildman–Crippen MR) is 55.1 cm³/mol. The first-order chi connectivity index (χ1) is 7.76. The van der Waals surface area contributed by atoms with E-state index in [9.17, 15) is 4.79 Å². The van der Waals surface area contributed by atoms with Crippen LogP contribution in [0.5, 0.6) is 0 Å². The van der Waals surface area contributed by atoms with E-state index in [0.29, 0.717) is 17.5 Å². The van der Waals surface area contributed by atoms with Crippen molar-refractivity contribution in [3.63, 3.8) is 0 Å². The highest BCUT2D eigenvalue weighted by Crippen LogP contribution is 2.36. The Bertz CT molecular complexity index is 381. The fourth-order valence-electron chi connectivity index (χ4n) is 1.69. The Morgan fingerprint density at radius 1 is 1.50 bits per heavy atom. The van der Waals surface area contributed by atoms with Crippen LogP contribution in [-0.2, 0) is 16.1 Å². The van der Waals surface area contributed by atoms with Gasteiger partial charge in [-0.05, 0) is 12.8 Å². The third-order valence-electron chi connectivity index (χ3n) is 2.82. The van der Waals surface area contributed by atoms with E-state index in [1.165, 1.54) is 13.5 Å². The molecular formula is C11H15NO4. The molecule has 0 amide bonds. The van der Waals surface area contributed by atoms with E-state index in [4.69, 9.17) is 9.15 Å². The van der Waals surface area contributed by atoms with Crippen LogP contribution in [0.2, 0.25) is 0 Å². The van der Waals surface area contributed by atoms with Crippen LogP contribution in [0, 0.1) is 0 Å². The van der Waals surface area contributed by atoms with E-state index in [1.54, 1.807) is 7.11 Å². The maximum Gasteiger partial charge on any atom is 0.376 e. The lowest BCUT2D eigenvalue weighted by atomic mass is 9.85. The molecule has 0 saturated heterocycles. The number of rotatable bonds is 4. The van der Waals surface area contributed by atoms with Crippen LogP contribution in [-0.4, -0.2) is 25.2 Å². The van der Waals surface area contributed by atoms with Gasteiger partial charge >= 0.3 is 5.97 Å². The van der Waals surface area contributed by atoms with E-state index in [-0.39, 0.29) is 12.4 Å². The minimum atomic E-state index is -0.495. The molecular weight excluding hydrogens is 210 g/mol. The Morgan fingerprint density at radius 3 is 2.75 bits per heavy atom. The molecule has 5 nitrogen and oxygen atoms in total. The summed E-state index contributed by atoms with van der Waals surface area (Å²) >= 11 is 0. The molecule has 0 spiro atoms. The number of methoxy groups -OCH3 is 2. The summed E-state index contributed by atoms with van der Waals surface area (Å²) in [4.78, 5) is 15.7. The van der Waals surface area contributed by atoms with Gasteiger partial charge in [0.1, 0.15) is 5.69 Å². The molecule has 0 unspecified atom stereocenters. The summed E-state index contributed by atoms with van der Waals surface area (Å²) in [5.74, 6) is 0.670. The van der Waals surface area contributed by atoms with Crippen LogP contribution >= 0.6 is 0 Å². The third-order valence-corrected chi connectivity index (χ3v) is 2.82. The van der Waals surface area contributed by atoms with Crippen molar-refractivity contribution in [2.75, 3.05) is 14.2 Å². The molecule has 0 N–H and O–H groups in total. The molecule has 2 rings (SSSR count). The van der Waals surface area contributed by atoms with E-state index in [1.807, 2.05) is 0 Å². The number of carbonyl (C=O) groups is 1. The SMILES string of the molecule is COCc1nc(C2CCC2)oc1C(=O)OC. The zero-order valence-corrected chi connectivity index (χ0v) is 9.49. The zero-order valence-electron chi connectivity index (χ0n) is 9.49. The predicted octanol–water partition coefficient (Wildman–Crippen LogP) is 1.88. The Morgan fingerprint density at radius 2 is 2.25 bits per heavy atom. The van der Waals surface area contributed by atoms with Crippen molar-refractivity contribution in [3.8, 4) is 0 Å². The number of hydrogen-bond donors (Lipinski definition) is 0. The number of hydrogen-bond acceptors (Lipinski definition) is 5. The van der Waals surface area contributed by atoms with Gasteiger partial charge in [0.15, 0.2) is 5.89 Å². The summed E-state index contributed by atoms with van der Waals surface area (Å²) in [6.45, 7) is 0.265. The minimum Gasteiger partial charge on any atom is -0.463 e. The van der Waals surface area contributed by atoms with E-state index < -0.39 is 5.97 Å². The second-order valence-corrected chi connectivity index (χ2v) is 3.88. The fourth-order valence-corrected chi connectivity index (χ4v) is 1.69. The van der Waals surface area contributed by atoms with Gasteiger partial charge in [-0.3, -0.25) is 0 Å². The molecule has 1 aromatic rings. The fraction of sp³-hybridized carbons (Fsp3) is 0.636. The van der Waals surface area contributed by atoms with Gasteiger partial charge in [0.25, 0.3) is 0 Å². The highest BCUT2D eigenvalue weighted by molar-refractivity contribution is 5.87. The normalized spacial score (nSPS) is 15.9. The molecule has 1 saturated carbocycles. The Kier molecular flexibility index (Phi) is 3.24. The largest absolute Gasteiger partial charge is 0.463 e. The van der Waals surface area contributed by atoms with Crippen LogP contribution < -0.4 is 0 Å². The van der Waals surface area contributed by atoms with E-state index >= 15 is 0 Å². The van der Waals surface area contributed by atoms with Crippen molar-refractivity contribution in [1.29, 1.82) is 0 Å². The monoisotopic (exact) mass is 225 g/mol. The van der Waals surface area contributed by atoms with Gasteiger partial charge < -0.3 is 13.9 Å². The first-order valence-corrected chi connectivity index (χ1v) is 5.33. The molecule has 0 atom stereocenters. The van der Waals surface area contributed by atoms with Gasteiger partial charge in [-0.25, -0.2) is 9.78 Å². The maximum atomic E-state index is 11.4.